The van der Waals surface area contributed by atoms with Crippen LogP contribution in [0.4, 0.5) is 0 Å². The predicted octanol–water partition coefficient (Wildman–Crippen LogP) is 4.69. The van der Waals surface area contributed by atoms with Gasteiger partial charge in [-0.05, 0) is 67.2 Å². The van der Waals surface area contributed by atoms with E-state index in [4.69, 9.17) is 5.11 Å². The molecule has 3 unspecified atom stereocenters. The lowest BCUT2D eigenvalue weighted by atomic mass is 9.68. The second-order valence-corrected chi connectivity index (χ2v) is 11.0. The van der Waals surface area contributed by atoms with Gasteiger partial charge in [0.05, 0.1) is 0 Å². The summed E-state index contributed by atoms with van der Waals surface area (Å²) in [6, 6.07) is 7.87. The molecule has 7 nitrogen and oxygen atoms in total. The first-order chi connectivity index (χ1) is 16.3. The molecule has 0 aromatic heterocycles. The van der Waals surface area contributed by atoms with Crippen molar-refractivity contribution in [3.63, 3.8) is 0 Å². The Morgan fingerprint density at radius 3 is 2.56 bits per heavy atom. The quantitative estimate of drug-likeness (QED) is 0.386. The summed E-state index contributed by atoms with van der Waals surface area (Å²) in [4.78, 5) is 25.8. The summed E-state index contributed by atoms with van der Waals surface area (Å²) in [6.45, 7) is 7.61. The Bertz CT molecular complexity index is 817. The Morgan fingerprint density at radius 1 is 1.19 bits per heavy atom. The van der Waals surface area contributed by atoms with Gasteiger partial charge in [-0.15, -0.1) is 12.4 Å². The molecule has 5 N–H and O–H groups in total. The molecule has 1 amide bonds. The lowest BCUT2D eigenvalue weighted by molar-refractivity contribution is -0.137. The van der Waals surface area contributed by atoms with E-state index < -0.39 is 5.97 Å². The minimum Gasteiger partial charge on any atom is -0.508 e. The van der Waals surface area contributed by atoms with Crippen molar-refractivity contribution in [2.24, 2.45) is 11.8 Å². The molecule has 0 bridgehead atoms. The van der Waals surface area contributed by atoms with Gasteiger partial charge in [0.25, 0.3) is 0 Å². The first-order valence-electron chi connectivity index (χ1n) is 13.3. The normalized spacial score (nSPS) is 23.7. The highest BCUT2D eigenvalue weighted by molar-refractivity contribution is 5.85. The zero-order chi connectivity index (χ0) is 24.6. The number of nitrogens with one attached hydrogen (secondary N) is 1. The summed E-state index contributed by atoms with van der Waals surface area (Å²) >= 11 is 0. The first kappa shape index (κ1) is 32.2. The third kappa shape index (κ3) is 9.56. The maximum absolute atomic E-state index is 12.5. The molecule has 1 saturated heterocycles. The summed E-state index contributed by atoms with van der Waals surface area (Å²) in [5, 5.41) is 22.1. The van der Waals surface area contributed by atoms with E-state index in [0.29, 0.717) is 24.0 Å². The molecular formula is C28H47ClN2O5. The number of nitrogens with zero attached hydrogens (tertiary/aromatic N) is 1. The number of rotatable bonds is 11. The molecule has 206 valence electrons. The van der Waals surface area contributed by atoms with E-state index in [1.807, 2.05) is 12.1 Å². The van der Waals surface area contributed by atoms with Crippen LogP contribution in [-0.4, -0.2) is 58.1 Å². The standard InChI is InChI=1S/C28H44N2O4.ClH.H2O/c1-21-20-30(17-15-28(21,2)23-10-6-11-25(31)19-23)16-14-24(18-22-8-4-3-5-9-22)29-26(32)12-7-13-27(33)34;;/h6,10-11,19,21-22,24,31H,3-5,7-9,12-18,20H2,1-2H3,(H,29,32)(H,33,34);1H;1H2. The summed E-state index contributed by atoms with van der Waals surface area (Å²) in [5.74, 6) is 0.630. The molecule has 0 spiro atoms. The molecule has 1 aromatic rings. The van der Waals surface area contributed by atoms with Gasteiger partial charge in [0.2, 0.25) is 5.91 Å². The van der Waals surface area contributed by atoms with Gasteiger partial charge in [0.15, 0.2) is 0 Å². The number of phenols is 1. The maximum Gasteiger partial charge on any atom is 0.303 e. The smallest absolute Gasteiger partial charge is 0.303 e. The second-order valence-electron chi connectivity index (χ2n) is 11.0. The number of likely N-dealkylation sites (tertiary alicyclic amines) is 1. The van der Waals surface area contributed by atoms with Crippen LogP contribution in [0.1, 0.15) is 90.0 Å². The van der Waals surface area contributed by atoms with Gasteiger partial charge >= 0.3 is 5.97 Å². The lowest BCUT2D eigenvalue weighted by Gasteiger charge is -2.45. The summed E-state index contributed by atoms with van der Waals surface area (Å²) in [7, 11) is 0. The van der Waals surface area contributed by atoms with Gasteiger partial charge in [-0.3, -0.25) is 9.59 Å². The number of carboxylic acid groups (broad SMARTS) is 1. The van der Waals surface area contributed by atoms with E-state index in [0.717, 1.165) is 38.9 Å². The van der Waals surface area contributed by atoms with Gasteiger partial charge < -0.3 is 25.9 Å². The van der Waals surface area contributed by atoms with Crippen LogP contribution in [-0.2, 0) is 15.0 Å². The predicted molar refractivity (Wildman–Crippen MR) is 146 cm³/mol. The molecule has 2 fully saturated rings. The van der Waals surface area contributed by atoms with Crippen LogP contribution in [0.5, 0.6) is 5.75 Å². The van der Waals surface area contributed by atoms with Crippen LogP contribution >= 0.6 is 12.4 Å². The van der Waals surface area contributed by atoms with Crippen molar-refractivity contribution in [3.8, 4) is 5.75 Å². The average Bonchev–Trinajstić information content (AvgIpc) is 2.80. The molecule has 1 aliphatic carbocycles. The monoisotopic (exact) mass is 526 g/mol. The van der Waals surface area contributed by atoms with Crippen molar-refractivity contribution in [2.45, 2.75) is 95.9 Å². The van der Waals surface area contributed by atoms with Crippen LogP contribution in [0.15, 0.2) is 24.3 Å². The van der Waals surface area contributed by atoms with Crippen LogP contribution in [0.3, 0.4) is 0 Å². The number of aliphatic carboxylic acids is 1. The molecule has 1 aromatic carbocycles. The van der Waals surface area contributed by atoms with Crippen LogP contribution in [0, 0.1) is 11.8 Å². The van der Waals surface area contributed by atoms with Crippen molar-refractivity contribution in [2.75, 3.05) is 19.6 Å². The van der Waals surface area contributed by atoms with Crippen molar-refractivity contribution >= 4 is 24.3 Å². The maximum atomic E-state index is 12.5. The highest BCUT2D eigenvalue weighted by atomic mass is 35.5. The van der Waals surface area contributed by atoms with Crippen molar-refractivity contribution in [3.05, 3.63) is 29.8 Å². The van der Waals surface area contributed by atoms with E-state index in [-0.39, 0.29) is 48.1 Å². The van der Waals surface area contributed by atoms with E-state index in [9.17, 15) is 14.7 Å². The summed E-state index contributed by atoms with van der Waals surface area (Å²) in [5.41, 5.74) is 1.26. The fraction of sp³-hybridized carbons (Fsp3) is 0.714. The lowest BCUT2D eigenvalue weighted by Crippen LogP contribution is -2.48. The number of carbonyl (C=O) groups is 2. The minimum absolute atomic E-state index is 0. The minimum atomic E-state index is -0.844. The van der Waals surface area contributed by atoms with Crippen molar-refractivity contribution in [1.29, 1.82) is 0 Å². The van der Waals surface area contributed by atoms with Gasteiger partial charge in [-0.2, -0.15) is 0 Å². The van der Waals surface area contributed by atoms with Crippen LogP contribution in [0.25, 0.3) is 0 Å². The van der Waals surface area contributed by atoms with E-state index >= 15 is 0 Å². The molecule has 3 rings (SSSR count). The molecule has 1 saturated carbocycles. The number of aromatic hydroxyl groups is 1. The third-order valence-corrected chi connectivity index (χ3v) is 8.37. The highest BCUT2D eigenvalue weighted by Crippen LogP contribution is 2.40. The van der Waals surface area contributed by atoms with E-state index in [1.54, 1.807) is 6.07 Å². The number of phenolic OH excluding ortho intramolecular Hbond substituents is 1. The topological polar surface area (TPSA) is 121 Å². The Labute approximate surface area is 222 Å². The van der Waals surface area contributed by atoms with Gasteiger partial charge in [-0.1, -0.05) is 58.1 Å². The van der Waals surface area contributed by atoms with Gasteiger partial charge in [0.1, 0.15) is 5.75 Å². The fourth-order valence-corrected chi connectivity index (χ4v) is 5.92. The number of halogens is 1. The number of carbonyl (C=O) groups excluding carboxylic acids is 1. The Balaban J connectivity index is 0.00000324. The largest absolute Gasteiger partial charge is 0.508 e. The molecule has 8 heteroatoms. The second kappa shape index (κ2) is 15.4. The summed E-state index contributed by atoms with van der Waals surface area (Å²) < 4.78 is 0. The first-order valence-corrected chi connectivity index (χ1v) is 13.3. The number of hydrogen-bond acceptors (Lipinski definition) is 4. The zero-order valence-electron chi connectivity index (χ0n) is 22.0. The van der Waals surface area contributed by atoms with Crippen LogP contribution in [0.2, 0.25) is 0 Å². The Hall–Kier alpha value is -1.83. The van der Waals surface area contributed by atoms with Crippen LogP contribution < -0.4 is 5.32 Å². The number of carboxylic acids is 1. The molecule has 3 atom stereocenters. The third-order valence-electron chi connectivity index (χ3n) is 8.37. The molecular weight excluding hydrogens is 480 g/mol. The fourth-order valence-electron chi connectivity index (χ4n) is 5.92. The number of benzene rings is 1. The zero-order valence-corrected chi connectivity index (χ0v) is 22.8. The van der Waals surface area contributed by atoms with Gasteiger partial charge in [-0.25, -0.2) is 0 Å². The average molecular weight is 527 g/mol. The van der Waals surface area contributed by atoms with Crippen molar-refractivity contribution < 1.29 is 25.3 Å². The Morgan fingerprint density at radius 2 is 1.92 bits per heavy atom. The molecule has 2 aliphatic rings. The number of amides is 1. The molecule has 36 heavy (non-hydrogen) atoms. The molecule has 1 aliphatic heterocycles. The highest BCUT2D eigenvalue weighted by Gasteiger charge is 2.38. The van der Waals surface area contributed by atoms with E-state index in [2.05, 4.69) is 30.1 Å². The van der Waals surface area contributed by atoms with Gasteiger partial charge in [0, 0.05) is 32.0 Å². The molecule has 0 radical (unpaired) electrons. The van der Waals surface area contributed by atoms with E-state index in [1.165, 1.54) is 37.7 Å². The molecule has 1 heterocycles. The number of hydrogen-bond donors (Lipinski definition) is 3. The summed E-state index contributed by atoms with van der Waals surface area (Å²) in [6.07, 6.45) is 10.2. The number of piperidine rings is 1. The SMILES string of the molecule is CC1CN(CCC(CC2CCCCC2)NC(=O)CCCC(=O)O)CCC1(C)c1cccc(O)c1.Cl.O. The van der Waals surface area contributed by atoms with Crippen molar-refractivity contribution in [1.82, 2.24) is 10.2 Å². The Kier molecular flexibility index (Phi) is 13.8.